The second kappa shape index (κ2) is 11.7. The van der Waals surface area contributed by atoms with Crippen molar-refractivity contribution >= 4 is 19.5 Å². The summed E-state index contributed by atoms with van der Waals surface area (Å²) in [7, 11) is -2.38. The summed E-state index contributed by atoms with van der Waals surface area (Å²) in [6.07, 6.45) is -1.25. The van der Waals surface area contributed by atoms with Gasteiger partial charge in [-0.05, 0) is 38.9 Å². The summed E-state index contributed by atoms with van der Waals surface area (Å²) < 4.78 is 41.1. The van der Waals surface area contributed by atoms with Gasteiger partial charge in [-0.1, -0.05) is 35.4 Å². The van der Waals surface area contributed by atoms with Gasteiger partial charge in [0.15, 0.2) is 11.4 Å². The van der Waals surface area contributed by atoms with Crippen molar-refractivity contribution in [3.05, 3.63) is 46.3 Å². The van der Waals surface area contributed by atoms with Gasteiger partial charge < -0.3 is 28.2 Å². The first-order valence-corrected chi connectivity index (χ1v) is 13.3. The zero-order chi connectivity index (χ0) is 26.4. The predicted octanol–water partition coefficient (Wildman–Crippen LogP) is 2.91. The number of esters is 1. The number of nitrogens with one attached hydrogen (secondary N) is 1. The highest BCUT2D eigenvalue weighted by Crippen LogP contribution is 2.52. The minimum absolute atomic E-state index is 0.0476. The Bertz CT molecular complexity index is 1030. The maximum absolute atomic E-state index is 13.5. The van der Waals surface area contributed by atoms with E-state index in [1.165, 1.54) is 11.9 Å². The fourth-order valence-corrected chi connectivity index (χ4v) is 5.86. The zero-order valence-electron chi connectivity index (χ0n) is 20.8. The number of nitrogens with zero attached hydrogens (tertiary/aromatic N) is 4. The molecule has 0 bridgehead atoms. The van der Waals surface area contributed by atoms with Crippen molar-refractivity contribution in [1.82, 2.24) is 10.2 Å². The van der Waals surface area contributed by atoms with Gasteiger partial charge in [-0.3, -0.25) is 19.5 Å². The van der Waals surface area contributed by atoms with E-state index in [4.69, 9.17) is 28.8 Å². The minimum atomic E-state index is -3.87. The first-order chi connectivity index (χ1) is 17.1. The summed E-state index contributed by atoms with van der Waals surface area (Å²) in [6, 6.07) is 8.36. The lowest BCUT2D eigenvalue weighted by Crippen LogP contribution is -2.81. The van der Waals surface area contributed by atoms with E-state index in [-0.39, 0.29) is 32.8 Å². The van der Waals surface area contributed by atoms with Crippen molar-refractivity contribution in [2.24, 2.45) is 5.11 Å². The minimum Gasteiger partial charge on any atom is -0.461 e. The highest BCUT2D eigenvalue weighted by molar-refractivity contribution is 7.53. The first kappa shape index (κ1) is 28.1. The van der Waals surface area contributed by atoms with Crippen LogP contribution in [0.5, 0.6) is 0 Å². The van der Waals surface area contributed by atoms with Crippen LogP contribution >= 0.6 is 7.60 Å². The molecule has 3 rings (SSSR count). The first-order valence-electron chi connectivity index (χ1n) is 11.6. The third-order valence-electron chi connectivity index (χ3n) is 5.81. The number of likely N-dealkylation sites (tertiary alicyclic amines) is 1. The summed E-state index contributed by atoms with van der Waals surface area (Å²) in [5, 5.41) is 6.48. The Kier molecular flexibility index (Phi) is 9.13. The Balaban J connectivity index is 1.66. The number of hydrogen-bond donors (Lipinski definition) is 1. The molecule has 2 aliphatic heterocycles. The highest BCUT2D eigenvalue weighted by Gasteiger charge is 2.65. The predicted molar refractivity (Wildman–Crippen MR) is 127 cm³/mol. The van der Waals surface area contributed by atoms with Crippen molar-refractivity contribution < 1.29 is 37.4 Å². The van der Waals surface area contributed by atoms with E-state index in [0.717, 1.165) is 5.56 Å². The van der Waals surface area contributed by atoms with Crippen LogP contribution in [0.1, 0.15) is 32.8 Å². The van der Waals surface area contributed by atoms with Crippen molar-refractivity contribution in [3.8, 4) is 0 Å². The van der Waals surface area contributed by atoms with Crippen LogP contribution in [-0.4, -0.2) is 73.5 Å². The van der Waals surface area contributed by atoms with E-state index in [2.05, 4.69) is 15.3 Å². The number of amides is 1. The average molecular weight is 525 g/mol. The topological polar surface area (TPSA) is 161 Å². The van der Waals surface area contributed by atoms with Crippen molar-refractivity contribution in [2.75, 3.05) is 33.2 Å². The van der Waals surface area contributed by atoms with Gasteiger partial charge in [0.1, 0.15) is 19.0 Å². The quantitative estimate of drug-likeness (QED) is 0.102. The molecule has 2 fully saturated rings. The lowest BCUT2D eigenvalue weighted by Gasteiger charge is -2.55. The maximum Gasteiger partial charge on any atom is 0.349 e. The Morgan fingerprint density at radius 2 is 2.06 bits per heavy atom. The van der Waals surface area contributed by atoms with Crippen LogP contribution in [0, 0.1) is 0 Å². The Morgan fingerprint density at radius 3 is 2.64 bits per heavy atom. The molecule has 0 radical (unpaired) electrons. The van der Waals surface area contributed by atoms with E-state index < -0.39 is 49.4 Å². The van der Waals surface area contributed by atoms with E-state index in [1.54, 1.807) is 20.8 Å². The summed E-state index contributed by atoms with van der Waals surface area (Å²) >= 11 is 0. The molecule has 2 saturated heterocycles. The molecular weight excluding hydrogens is 493 g/mol. The van der Waals surface area contributed by atoms with Crippen molar-refractivity contribution in [2.45, 2.75) is 57.4 Å². The molecule has 2 aliphatic rings. The second-order valence-electron chi connectivity index (χ2n) is 8.69. The molecule has 4 atom stereocenters. The van der Waals surface area contributed by atoms with Crippen LogP contribution in [-0.2, 0) is 44.0 Å². The number of rotatable bonds is 13. The molecule has 1 amide bonds. The van der Waals surface area contributed by atoms with Gasteiger partial charge in [-0.15, -0.1) is 0 Å². The number of likely N-dealkylation sites (N-methyl/N-ethyl adjacent to an activating group) is 1. The number of benzene rings is 1. The average Bonchev–Trinajstić information content (AvgIpc) is 3.20. The van der Waals surface area contributed by atoms with Gasteiger partial charge in [0, 0.05) is 4.91 Å². The molecule has 13 nitrogen and oxygen atoms in total. The van der Waals surface area contributed by atoms with Crippen LogP contribution in [0.25, 0.3) is 10.4 Å². The Morgan fingerprint density at radius 1 is 1.33 bits per heavy atom. The van der Waals surface area contributed by atoms with E-state index in [1.807, 2.05) is 30.3 Å². The largest absolute Gasteiger partial charge is 0.461 e. The monoisotopic (exact) mass is 525 g/mol. The van der Waals surface area contributed by atoms with Crippen LogP contribution in [0.15, 0.2) is 35.4 Å². The third kappa shape index (κ3) is 6.24. The maximum atomic E-state index is 13.5. The van der Waals surface area contributed by atoms with Gasteiger partial charge >= 0.3 is 13.6 Å². The number of ether oxygens (including phenoxy) is 3. The molecular formula is C22H32N5O8P. The molecule has 1 aromatic carbocycles. The summed E-state index contributed by atoms with van der Waals surface area (Å²) in [5.41, 5.74) is 8.29. The summed E-state index contributed by atoms with van der Waals surface area (Å²) in [5.74, 6) is -2.05. The highest BCUT2D eigenvalue weighted by atomic mass is 31.2. The lowest BCUT2D eigenvalue weighted by molar-refractivity contribution is -0.183. The number of carbonyl (C=O) groups excluding carboxylic acids is 2. The van der Waals surface area contributed by atoms with Gasteiger partial charge in [0.25, 0.3) is 5.91 Å². The molecule has 4 unspecified atom stereocenters. The fourth-order valence-electron chi connectivity index (χ4n) is 4.18. The van der Waals surface area contributed by atoms with Gasteiger partial charge in [-0.2, -0.15) is 0 Å². The van der Waals surface area contributed by atoms with Crippen LogP contribution in [0.2, 0.25) is 0 Å². The molecule has 198 valence electrons. The molecule has 0 aliphatic carbocycles. The second-order valence-corrected chi connectivity index (χ2v) is 10.7. The number of β-lactam (4-membered cyclic amide) rings is 1. The molecule has 0 aromatic heterocycles. The Labute approximate surface area is 209 Å². The fraction of sp³-hybridized carbons (Fsp3) is 0.636. The van der Waals surface area contributed by atoms with Crippen LogP contribution in [0.3, 0.4) is 0 Å². The molecule has 1 N–H and O–H groups in total. The lowest BCUT2D eigenvalue weighted by atomic mass is 9.84. The van der Waals surface area contributed by atoms with Gasteiger partial charge in [0.05, 0.1) is 32.3 Å². The normalized spacial score (nSPS) is 26.6. The van der Waals surface area contributed by atoms with E-state index >= 15 is 0 Å². The third-order valence-corrected chi connectivity index (χ3v) is 7.68. The molecule has 36 heavy (non-hydrogen) atoms. The SMILES string of the molecule is CCOP(=O)(CN1C(=O)C(N=[N+]=[N-])(NC)C1C1COC(C)(C)O1)OCCC(=O)OCc1ccccc1. The van der Waals surface area contributed by atoms with E-state index in [0.29, 0.717) is 0 Å². The summed E-state index contributed by atoms with van der Waals surface area (Å²) in [6.45, 7) is 5.12. The summed E-state index contributed by atoms with van der Waals surface area (Å²) in [4.78, 5) is 29.3. The number of hydrogen-bond acceptors (Lipinski definition) is 10. The van der Waals surface area contributed by atoms with Gasteiger partial charge in [0.2, 0.25) is 0 Å². The molecule has 14 heteroatoms. The standard InChI is InChI=1S/C22H32N5O8P/c1-5-33-36(30,34-12-11-18(28)31-13-16-9-7-6-8-10-16)15-27-19(17-14-32-21(2,3)35-17)22(24-4,20(27)29)25-26-23/h6-10,17,19,24H,5,11-15H2,1-4H3. The molecule has 1 aromatic rings. The molecule has 2 heterocycles. The number of carbonyl (C=O) groups is 2. The van der Waals surface area contributed by atoms with Crippen molar-refractivity contribution in [3.63, 3.8) is 0 Å². The van der Waals surface area contributed by atoms with E-state index in [9.17, 15) is 14.2 Å². The molecule has 0 saturated carbocycles. The zero-order valence-corrected chi connectivity index (χ0v) is 21.7. The van der Waals surface area contributed by atoms with Gasteiger partial charge in [-0.25, -0.2) is 0 Å². The molecule has 0 spiro atoms. The van der Waals surface area contributed by atoms with Crippen molar-refractivity contribution in [1.29, 1.82) is 0 Å². The van der Waals surface area contributed by atoms with Crippen LogP contribution < -0.4 is 5.32 Å². The Hall–Kier alpha value is -2.50. The smallest absolute Gasteiger partial charge is 0.349 e. The number of azide groups is 1. The van der Waals surface area contributed by atoms with Crippen LogP contribution in [0.4, 0.5) is 0 Å².